The number of nitrogens with one attached hydrogen (secondary N) is 2. The molecule has 1 unspecified atom stereocenters. The number of aromatic nitrogens is 5. The van der Waals surface area contributed by atoms with E-state index in [0.29, 0.717) is 48.2 Å². The van der Waals surface area contributed by atoms with Crippen molar-refractivity contribution in [2.75, 3.05) is 14.2 Å². The number of hydrogen-bond acceptors (Lipinski definition) is 7. The first-order valence-electron chi connectivity index (χ1n) is 9.62. The molecule has 1 aliphatic heterocycles. The predicted molar refractivity (Wildman–Crippen MR) is 111 cm³/mol. The zero-order valence-electron chi connectivity index (χ0n) is 16.8. The van der Waals surface area contributed by atoms with Crippen molar-refractivity contribution in [2.45, 2.75) is 38.6 Å². The summed E-state index contributed by atoms with van der Waals surface area (Å²) < 4.78 is 12.4. The van der Waals surface area contributed by atoms with Gasteiger partial charge in [0, 0.05) is 37.2 Å². The highest BCUT2D eigenvalue weighted by Gasteiger charge is 2.22. The second kappa shape index (κ2) is 9.23. The molecule has 3 aromatic rings. The summed E-state index contributed by atoms with van der Waals surface area (Å²) in [6.45, 7) is 1.49. The Labute approximate surface area is 178 Å². The van der Waals surface area contributed by atoms with Gasteiger partial charge in [0.05, 0.1) is 13.1 Å². The van der Waals surface area contributed by atoms with Crippen LogP contribution in [0.4, 0.5) is 0 Å². The second-order valence-electron chi connectivity index (χ2n) is 6.89. The molecule has 4 rings (SSSR count). The maximum Gasteiger partial charge on any atom is 0.246 e. The van der Waals surface area contributed by atoms with Gasteiger partial charge >= 0.3 is 0 Å². The van der Waals surface area contributed by atoms with E-state index in [1.165, 1.54) is 0 Å². The third-order valence-electron chi connectivity index (χ3n) is 4.70. The van der Waals surface area contributed by atoms with Gasteiger partial charge in [0.15, 0.2) is 11.8 Å². The van der Waals surface area contributed by atoms with Crippen molar-refractivity contribution in [3.63, 3.8) is 0 Å². The van der Waals surface area contributed by atoms with E-state index in [9.17, 15) is 0 Å². The predicted octanol–water partition coefficient (Wildman–Crippen LogP) is 1.81. The molecule has 0 fully saturated rings. The van der Waals surface area contributed by atoms with Gasteiger partial charge in [-0.15, -0.1) is 0 Å². The van der Waals surface area contributed by atoms with Crippen LogP contribution in [-0.2, 0) is 30.9 Å². The first-order chi connectivity index (χ1) is 14.6. The van der Waals surface area contributed by atoms with Crippen molar-refractivity contribution in [3.05, 3.63) is 46.8 Å². The molecule has 10 nitrogen and oxygen atoms in total. The number of methoxy groups -OCH3 is 1. The Morgan fingerprint density at radius 1 is 1.40 bits per heavy atom. The maximum absolute atomic E-state index is 6.03. The van der Waals surface area contributed by atoms with Crippen LogP contribution in [0.25, 0.3) is 11.4 Å². The summed E-state index contributed by atoms with van der Waals surface area (Å²) in [7, 11) is 3.36. The number of aryl methyl sites for hydroxylation is 1. The zero-order valence-corrected chi connectivity index (χ0v) is 17.6. The lowest BCUT2D eigenvalue weighted by Crippen LogP contribution is -2.46. The van der Waals surface area contributed by atoms with Crippen LogP contribution in [0.5, 0.6) is 0 Å². The van der Waals surface area contributed by atoms with Crippen LogP contribution in [0.2, 0.25) is 5.02 Å². The average molecular weight is 431 g/mol. The van der Waals surface area contributed by atoms with E-state index in [1.807, 2.05) is 16.8 Å². The number of nitrogens with zero attached hydrogens (tertiary/aromatic N) is 6. The molecule has 0 radical (unpaired) electrons. The number of halogens is 1. The first-order valence-corrected chi connectivity index (χ1v) is 9.99. The molecule has 3 heterocycles. The van der Waals surface area contributed by atoms with E-state index < -0.39 is 0 Å². The molecule has 2 aromatic heterocycles. The minimum Gasteiger partial charge on any atom is -0.377 e. The monoisotopic (exact) mass is 430 g/mol. The fourth-order valence-electron chi connectivity index (χ4n) is 3.29. The van der Waals surface area contributed by atoms with Gasteiger partial charge in [-0.25, -0.2) is 9.67 Å². The number of benzene rings is 1. The van der Waals surface area contributed by atoms with Gasteiger partial charge in [0.1, 0.15) is 12.4 Å². The van der Waals surface area contributed by atoms with Gasteiger partial charge < -0.3 is 19.9 Å². The molecule has 0 bridgehead atoms. The largest absolute Gasteiger partial charge is 0.377 e. The molecular formula is C19H23ClN8O2. The third-order valence-corrected chi connectivity index (χ3v) is 4.93. The average Bonchev–Trinajstić information content (AvgIpc) is 3.37. The normalized spacial score (nSPS) is 16.4. The van der Waals surface area contributed by atoms with E-state index in [2.05, 4.69) is 35.8 Å². The Morgan fingerprint density at radius 2 is 2.30 bits per heavy atom. The van der Waals surface area contributed by atoms with Gasteiger partial charge in [-0.1, -0.05) is 28.9 Å². The summed E-state index contributed by atoms with van der Waals surface area (Å²) in [5.74, 6) is 3.31. The standard InChI is InChI=1S/C19H23ClN8O2/c1-21-19(23-14-6-7-16-24-15(11-29-2)26-28(16)10-14)22-9-17-25-18(27-30-17)12-4-3-5-13(20)8-12/h3-5,8,14H,6-7,9-11H2,1-2H3,(H2,21,22,23). The SMILES string of the molecule is CN=C(NCc1nc(-c2cccc(Cl)c2)no1)NC1CCc2nc(COC)nn2C1. The van der Waals surface area contributed by atoms with Crippen LogP contribution in [0, 0.1) is 0 Å². The second-order valence-corrected chi connectivity index (χ2v) is 7.32. The number of guanidine groups is 1. The van der Waals surface area contributed by atoms with Crippen molar-refractivity contribution in [2.24, 2.45) is 4.99 Å². The molecule has 0 saturated carbocycles. The molecule has 11 heteroatoms. The molecular weight excluding hydrogens is 408 g/mol. The Kier molecular flexibility index (Phi) is 6.24. The fraction of sp³-hybridized carbons (Fsp3) is 0.421. The van der Waals surface area contributed by atoms with Gasteiger partial charge in [0.2, 0.25) is 11.7 Å². The van der Waals surface area contributed by atoms with Crippen LogP contribution in [-0.4, -0.2) is 51.1 Å². The van der Waals surface area contributed by atoms with Crippen LogP contribution in [0.3, 0.4) is 0 Å². The summed E-state index contributed by atoms with van der Waals surface area (Å²) >= 11 is 6.03. The number of ether oxygens (including phenoxy) is 1. The Hall–Kier alpha value is -2.98. The fourth-order valence-corrected chi connectivity index (χ4v) is 3.48. The highest BCUT2D eigenvalue weighted by molar-refractivity contribution is 6.30. The maximum atomic E-state index is 6.03. The molecule has 0 spiro atoms. The molecule has 1 atom stereocenters. The van der Waals surface area contributed by atoms with Crippen LogP contribution >= 0.6 is 11.6 Å². The summed E-state index contributed by atoms with van der Waals surface area (Å²) in [6, 6.07) is 7.51. The van der Waals surface area contributed by atoms with Crippen LogP contribution in [0.15, 0.2) is 33.8 Å². The van der Waals surface area contributed by atoms with Crippen molar-refractivity contribution in [1.29, 1.82) is 0 Å². The molecule has 0 aliphatic carbocycles. The van der Waals surface area contributed by atoms with Crippen molar-refractivity contribution in [3.8, 4) is 11.4 Å². The molecule has 158 valence electrons. The lowest BCUT2D eigenvalue weighted by atomic mass is 10.1. The quantitative estimate of drug-likeness (QED) is 0.449. The molecule has 0 amide bonds. The van der Waals surface area contributed by atoms with Crippen molar-refractivity contribution >= 4 is 17.6 Å². The number of fused-ring (bicyclic) bond motifs is 1. The van der Waals surface area contributed by atoms with E-state index in [-0.39, 0.29) is 6.04 Å². The topological polar surface area (TPSA) is 115 Å². The number of aliphatic imine (C=N–C) groups is 1. The van der Waals surface area contributed by atoms with Gasteiger partial charge in [-0.2, -0.15) is 10.1 Å². The van der Waals surface area contributed by atoms with Gasteiger partial charge in [0.25, 0.3) is 0 Å². The first kappa shape index (κ1) is 20.3. The van der Waals surface area contributed by atoms with Crippen LogP contribution in [0.1, 0.15) is 24.0 Å². The lowest BCUT2D eigenvalue weighted by Gasteiger charge is -2.25. The van der Waals surface area contributed by atoms with E-state index in [4.69, 9.17) is 20.9 Å². The van der Waals surface area contributed by atoms with Gasteiger partial charge in [-0.3, -0.25) is 4.99 Å². The molecule has 30 heavy (non-hydrogen) atoms. The molecule has 1 aromatic carbocycles. The Bertz CT molecular complexity index is 1030. The van der Waals surface area contributed by atoms with E-state index >= 15 is 0 Å². The highest BCUT2D eigenvalue weighted by atomic mass is 35.5. The summed E-state index contributed by atoms with van der Waals surface area (Å²) in [5, 5.41) is 15.8. The van der Waals surface area contributed by atoms with Gasteiger partial charge in [-0.05, 0) is 18.6 Å². The Balaban J connectivity index is 1.32. The van der Waals surface area contributed by atoms with Crippen molar-refractivity contribution in [1.82, 2.24) is 35.5 Å². The molecule has 0 saturated heterocycles. The lowest BCUT2D eigenvalue weighted by molar-refractivity contribution is 0.177. The van der Waals surface area contributed by atoms with Crippen molar-refractivity contribution < 1.29 is 9.26 Å². The summed E-state index contributed by atoms with van der Waals surface area (Å²) in [5.41, 5.74) is 0.804. The third kappa shape index (κ3) is 4.77. The minimum absolute atomic E-state index is 0.186. The van der Waals surface area contributed by atoms with Crippen LogP contribution < -0.4 is 10.6 Å². The number of hydrogen-bond donors (Lipinski definition) is 2. The summed E-state index contributed by atoms with van der Waals surface area (Å²) in [4.78, 5) is 13.2. The van der Waals surface area contributed by atoms with E-state index in [0.717, 1.165) is 24.2 Å². The zero-order chi connectivity index (χ0) is 20.9. The highest BCUT2D eigenvalue weighted by Crippen LogP contribution is 2.20. The number of rotatable bonds is 6. The smallest absolute Gasteiger partial charge is 0.246 e. The minimum atomic E-state index is 0.186. The molecule has 1 aliphatic rings. The summed E-state index contributed by atoms with van der Waals surface area (Å²) in [6.07, 6.45) is 1.78. The molecule has 2 N–H and O–H groups in total. The Morgan fingerprint density at radius 3 is 3.10 bits per heavy atom. The van der Waals surface area contributed by atoms with E-state index in [1.54, 1.807) is 26.3 Å².